The predicted octanol–water partition coefficient (Wildman–Crippen LogP) is 4.80. The molecule has 1 N–H and O–H groups in total. The minimum atomic E-state index is 0.203. The maximum Gasteiger partial charge on any atom is 0.0175 e. The van der Waals surface area contributed by atoms with Crippen LogP contribution in [0.3, 0.4) is 0 Å². The highest BCUT2D eigenvalue weighted by Crippen LogP contribution is 2.23. The molecule has 0 spiro atoms. The standard InChI is InChI=1S/C16H26BrN/c1-15(2,3)18-12-16(4,5)11-10-13-6-8-14(17)9-7-13/h6-9,18H,10-12H2,1-5H3. The van der Waals surface area contributed by atoms with Gasteiger partial charge in [0.25, 0.3) is 0 Å². The Balaban J connectivity index is 2.43. The van der Waals surface area contributed by atoms with Crippen LogP contribution in [0, 0.1) is 5.41 Å². The van der Waals surface area contributed by atoms with Gasteiger partial charge in [-0.2, -0.15) is 0 Å². The zero-order valence-electron chi connectivity index (χ0n) is 12.3. The molecule has 0 saturated carbocycles. The molecule has 0 fully saturated rings. The lowest BCUT2D eigenvalue weighted by Crippen LogP contribution is -2.42. The highest BCUT2D eigenvalue weighted by Gasteiger charge is 2.20. The third kappa shape index (κ3) is 6.55. The molecule has 0 unspecified atom stereocenters. The molecule has 18 heavy (non-hydrogen) atoms. The Morgan fingerprint density at radius 3 is 2.06 bits per heavy atom. The fourth-order valence-corrected chi connectivity index (χ4v) is 1.99. The number of aryl methyl sites for hydroxylation is 1. The summed E-state index contributed by atoms with van der Waals surface area (Å²) in [4.78, 5) is 0. The molecule has 0 atom stereocenters. The summed E-state index contributed by atoms with van der Waals surface area (Å²) in [7, 11) is 0. The number of hydrogen-bond donors (Lipinski definition) is 1. The Bertz CT molecular complexity index is 360. The van der Waals surface area contributed by atoms with Crippen LogP contribution >= 0.6 is 15.9 Å². The fraction of sp³-hybridized carbons (Fsp3) is 0.625. The van der Waals surface area contributed by atoms with Gasteiger partial charge in [0.15, 0.2) is 0 Å². The van der Waals surface area contributed by atoms with Gasteiger partial charge >= 0.3 is 0 Å². The second-order valence-electron chi connectivity index (χ2n) is 6.89. The van der Waals surface area contributed by atoms with Crippen molar-refractivity contribution in [1.29, 1.82) is 0 Å². The van der Waals surface area contributed by atoms with E-state index in [9.17, 15) is 0 Å². The van der Waals surface area contributed by atoms with Crippen molar-refractivity contribution < 1.29 is 0 Å². The average molecular weight is 312 g/mol. The molecule has 0 radical (unpaired) electrons. The van der Waals surface area contributed by atoms with E-state index in [1.54, 1.807) is 0 Å². The van der Waals surface area contributed by atoms with E-state index < -0.39 is 0 Å². The number of benzene rings is 1. The summed E-state index contributed by atoms with van der Waals surface area (Å²) in [5.74, 6) is 0. The second kappa shape index (κ2) is 6.21. The van der Waals surface area contributed by atoms with Gasteiger partial charge in [-0.3, -0.25) is 0 Å². The number of hydrogen-bond acceptors (Lipinski definition) is 1. The molecular weight excluding hydrogens is 286 g/mol. The molecule has 1 aromatic carbocycles. The van der Waals surface area contributed by atoms with Gasteiger partial charge in [-0.05, 0) is 56.7 Å². The molecule has 0 heterocycles. The van der Waals surface area contributed by atoms with Crippen molar-refractivity contribution in [3.05, 3.63) is 34.3 Å². The fourth-order valence-electron chi connectivity index (χ4n) is 1.73. The van der Waals surface area contributed by atoms with Crippen molar-refractivity contribution in [3.63, 3.8) is 0 Å². The first kappa shape index (κ1) is 15.7. The molecule has 1 aromatic rings. The zero-order chi connectivity index (χ0) is 13.8. The Hall–Kier alpha value is -0.340. The number of halogens is 1. The molecule has 2 heteroatoms. The molecule has 1 rings (SSSR count). The van der Waals surface area contributed by atoms with Crippen LogP contribution < -0.4 is 5.32 Å². The van der Waals surface area contributed by atoms with E-state index in [0.29, 0.717) is 5.41 Å². The first-order chi connectivity index (χ1) is 8.18. The molecule has 0 aliphatic carbocycles. The van der Waals surface area contributed by atoms with Gasteiger partial charge in [-0.1, -0.05) is 41.9 Å². The summed E-state index contributed by atoms with van der Waals surface area (Å²) < 4.78 is 1.15. The van der Waals surface area contributed by atoms with Crippen LogP contribution in [0.1, 0.15) is 46.6 Å². The molecule has 102 valence electrons. The summed E-state index contributed by atoms with van der Waals surface area (Å²) in [6, 6.07) is 8.65. The second-order valence-corrected chi connectivity index (χ2v) is 7.81. The van der Waals surface area contributed by atoms with Gasteiger partial charge in [0.05, 0.1) is 0 Å². The van der Waals surface area contributed by atoms with Gasteiger partial charge in [-0.15, -0.1) is 0 Å². The van der Waals surface area contributed by atoms with Gasteiger partial charge in [0, 0.05) is 16.6 Å². The van der Waals surface area contributed by atoms with Gasteiger partial charge in [0.1, 0.15) is 0 Å². The lowest BCUT2D eigenvalue weighted by molar-refractivity contribution is 0.273. The molecular formula is C16H26BrN. The lowest BCUT2D eigenvalue weighted by atomic mass is 9.85. The summed E-state index contributed by atoms with van der Waals surface area (Å²) in [5.41, 5.74) is 1.96. The van der Waals surface area contributed by atoms with Gasteiger partial charge < -0.3 is 5.32 Å². The smallest absolute Gasteiger partial charge is 0.0175 e. The van der Waals surface area contributed by atoms with Crippen LogP contribution in [0.4, 0.5) is 0 Å². The van der Waals surface area contributed by atoms with Crippen LogP contribution in [0.25, 0.3) is 0 Å². The highest BCUT2D eigenvalue weighted by atomic mass is 79.9. The quantitative estimate of drug-likeness (QED) is 0.824. The minimum absolute atomic E-state index is 0.203. The predicted molar refractivity (Wildman–Crippen MR) is 84.0 cm³/mol. The van der Waals surface area contributed by atoms with E-state index in [1.807, 2.05) is 0 Å². The van der Waals surface area contributed by atoms with Crippen molar-refractivity contribution in [2.45, 2.75) is 53.0 Å². The topological polar surface area (TPSA) is 12.0 Å². The van der Waals surface area contributed by atoms with Crippen molar-refractivity contribution in [3.8, 4) is 0 Å². The Morgan fingerprint density at radius 2 is 1.56 bits per heavy atom. The first-order valence-corrected chi connectivity index (χ1v) is 7.47. The molecule has 0 saturated heterocycles. The molecule has 0 aliphatic heterocycles. The third-order valence-corrected chi connectivity index (χ3v) is 3.63. The average Bonchev–Trinajstić information content (AvgIpc) is 2.25. The highest BCUT2D eigenvalue weighted by molar-refractivity contribution is 9.10. The van der Waals surface area contributed by atoms with Gasteiger partial charge in [0.2, 0.25) is 0 Å². The van der Waals surface area contributed by atoms with E-state index in [0.717, 1.165) is 17.4 Å². The lowest BCUT2D eigenvalue weighted by Gasteiger charge is -2.30. The Labute approximate surface area is 120 Å². The van der Waals surface area contributed by atoms with Crippen LogP contribution in [-0.4, -0.2) is 12.1 Å². The number of rotatable bonds is 5. The van der Waals surface area contributed by atoms with E-state index in [-0.39, 0.29) is 5.54 Å². The summed E-state index contributed by atoms with van der Waals surface area (Å²) in [6.45, 7) is 12.4. The maximum atomic E-state index is 3.60. The monoisotopic (exact) mass is 311 g/mol. The van der Waals surface area contributed by atoms with Gasteiger partial charge in [-0.25, -0.2) is 0 Å². The van der Waals surface area contributed by atoms with Crippen molar-refractivity contribution >= 4 is 15.9 Å². The van der Waals surface area contributed by atoms with E-state index in [2.05, 4.69) is 80.1 Å². The molecule has 1 nitrogen and oxygen atoms in total. The van der Waals surface area contributed by atoms with E-state index >= 15 is 0 Å². The summed E-state index contributed by atoms with van der Waals surface area (Å²) in [6.07, 6.45) is 2.35. The largest absolute Gasteiger partial charge is 0.312 e. The van der Waals surface area contributed by atoms with Crippen molar-refractivity contribution in [1.82, 2.24) is 5.32 Å². The summed E-state index contributed by atoms with van der Waals surface area (Å²) >= 11 is 3.47. The first-order valence-electron chi connectivity index (χ1n) is 6.67. The van der Waals surface area contributed by atoms with E-state index in [4.69, 9.17) is 0 Å². The molecule has 0 aromatic heterocycles. The molecule has 0 amide bonds. The Morgan fingerprint density at radius 1 is 1.00 bits per heavy atom. The van der Waals surface area contributed by atoms with Crippen LogP contribution in [0.2, 0.25) is 0 Å². The van der Waals surface area contributed by atoms with Crippen molar-refractivity contribution in [2.75, 3.05) is 6.54 Å². The SMILES string of the molecule is CC(C)(CCc1ccc(Br)cc1)CNC(C)(C)C. The normalized spacial score (nSPS) is 12.8. The molecule has 0 aliphatic rings. The van der Waals surface area contributed by atoms with Crippen molar-refractivity contribution in [2.24, 2.45) is 5.41 Å². The minimum Gasteiger partial charge on any atom is -0.312 e. The van der Waals surface area contributed by atoms with Crippen LogP contribution in [0.5, 0.6) is 0 Å². The summed E-state index contributed by atoms with van der Waals surface area (Å²) in [5, 5.41) is 3.60. The Kier molecular flexibility index (Phi) is 5.42. The van der Waals surface area contributed by atoms with Crippen LogP contribution in [0.15, 0.2) is 28.7 Å². The maximum absolute atomic E-state index is 3.60. The third-order valence-electron chi connectivity index (χ3n) is 3.10. The van der Waals surface area contributed by atoms with E-state index in [1.165, 1.54) is 12.0 Å². The zero-order valence-corrected chi connectivity index (χ0v) is 13.9. The molecule has 0 bridgehead atoms. The number of nitrogens with one attached hydrogen (secondary N) is 1. The van der Waals surface area contributed by atoms with Crippen LogP contribution in [-0.2, 0) is 6.42 Å².